The van der Waals surface area contributed by atoms with E-state index in [2.05, 4.69) is 17.1 Å². The van der Waals surface area contributed by atoms with Gasteiger partial charge in [-0.25, -0.2) is 13.8 Å². The summed E-state index contributed by atoms with van der Waals surface area (Å²) in [5.74, 6) is 0.235. The van der Waals surface area contributed by atoms with E-state index < -0.39 is 15.9 Å². The molecule has 1 amide bonds. The van der Waals surface area contributed by atoms with Gasteiger partial charge in [-0.1, -0.05) is 49.6 Å². The van der Waals surface area contributed by atoms with E-state index in [1.807, 2.05) is 19.1 Å². The third kappa shape index (κ3) is 7.00. The summed E-state index contributed by atoms with van der Waals surface area (Å²) >= 11 is 0. The molecule has 2 aromatic carbocycles. The number of nitrogens with one attached hydrogen (secondary N) is 1. The highest BCUT2D eigenvalue weighted by atomic mass is 32.2. The maximum Gasteiger partial charge on any atom is 0.255 e. The molecular weight excluding hydrogens is 438 g/mol. The molecule has 1 fully saturated rings. The number of benzene rings is 2. The fraction of sp³-hybridized carbons (Fsp3) is 0.360. The number of hydrazone groups is 1. The molecule has 33 heavy (non-hydrogen) atoms. The van der Waals surface area contributed by atoms with Crippen molar-refractivity contribution < 1.29 is 17.9 Å². The van der Waals surface area contributed by atoms with E-state index in [0.717, 1.165) is 43.2 Å². The van der Waals surface area contributed by atoms with Gasteiger partial charge in [-0.05, 0) is 61.7 Å². The molecule has 176 valence electrons. The minimum atomic E-state index is -3.80. The Balaban J connectivity index is 1.67. The first kappa shape index (κ1) is 24.7. The zero-order chi connectivity index (χ0) is 23.7. The molecule has 1 aliphatic rings. The summed E-state index contributed by atoms with van der Waals surface area (Å²) in [7, 11) is -3.80. The zero-order valence-electron chi connectivity index (χ0n) is 18.9. The van der Waals surface area contributed by atoms with Gasteiger partial charge in [0.15, 0.2) is 0 Å². The van der Waals surface area contributed by atoms with E-state index >= 15 is 0 Å². The second kappa shape index (κ2) is 11.8. The molecule has 1 aliphatic carbocycles. The van der Waals surface area contributed by atoms with E-state index in [1.165, 1.54) is 10.5 Å². The number of sulfonamides is 1. The van der Waals surface area contributed by atoms with E-state index in [-0.39, 0.29) is 17.5 Å². The lowest BCUT2D eigenvalue weighted by Gasteiger charge is -2.32. The first-order valence-electron chi connectivity index (χ1n) is 11.1. The van der Waals surface area contributed by atoms with Gasteiger partial charge in [0.25, 0.3) is 5.91 Å². The van der Waals surface area contributed by atoms with Crippen molar-refractivity contribution in [3.63, 3.8) is 0 Å². The smallest absolute Gasteiger partial charge is 0.255 e. The van der Waals surface area contributed by atoms with Crippen molar-refractivity contribution >= 4 is 22.1 Å². The molecule has 8 heteroatoms. The normalized spacial score (nSPS) is 15.0. The average molecular weight is 470 g/mol. The summed E-state index contributed by atoms with van der Waals surface area (Å²) in [5.41, 5.74) is 4.22. The Morgan fingerprint density at radius 1 is 1.12 bits per heavy atom. The van der Waals surface area contributed by atoms with Crippen LogP contribution in [-0.2, 0) is 14.8 Å². The van der Waals surface area contributed by atoms with Crippen LogP contribution in [0.1, 0.15) is 43.2 Å². The molecule has 0 aromatic heterocycles. The Labute approximate surface area is 196 Å². The third-order valence-electron chi connectivity index (χ3n) is 5.56. The van der Waals surface area contributed by atoms with Crippen LogP contribution >= 0.6 is 0 Å². The van der Waals surface area contributed by atoms with Gasteiger partial charge in [-0.2, -0.15) is 9.41 Å². The number of aryl methyl sites for hydroxylation is 1. The molecule has 1 N–H and O–H groups in total. The van der Waals surface area contributed by atoms with Gasteiger partial charge in [-0.15, -0.1) is 0 Å². The Kier molecular flexibility index (Phi) is 8.79. The lowest BCUT2D eigenvalue weighted by Crippen LogP contribution is -2.46. The topological polar surface area (TPSA) is 88.1 Å². The lowest BCUT2D eigenvalue weighted by molar-refractivity contribution is -0.121. The zero-order valence-corrected chi connectivity index (χ0v) is 19.8. The Morgan fingerprint density at radius 2 is 1.79 bits per heavy atom. The van der Waals surface area contributed by atoms with Crippen LogP contribution in [-0.4, -0.2) is 44.0 Å². The van der Waals surface area contributed by atoms with Gasteiger partial charge in [-0.3, -0.25) is 4.79 Å². The van der Waals surface area contributed by atoms with Crippen LogP contribution in [0.15, 0.2) is 71.2 Å². The van der Waals surface area contributed by atoms with Crippen LogP contribution in [0.3, 0.4) is 0 Å². The number of hydrogen-bond donors (Lipinski definition) is 1. The highest BCUT2D eigenvalue weighted by Crippen LogP contribution is 2.27. The molecule has 0 aliphatic heterocycles. The fourth-order valence-electron chi connectivity index (χ4n) is 3.79. The molecule has 0 saturated heterocycles. The van der Waals surface area contributed by atoms with Crippen molar-refractivity contribution in [1.29, 1.82) is 0 Å². The summed E-state index contributed by atoms with van der Waals surface area (Å²) in [4.78, 5) is 12.8. The first-order chi connectivity index (χ1) is 15.9. The van der Waals surface area contributed by atoms with E-state index in [9.17, 15) is 13.2 Å². The molecule has 0 bridgehead atoms. The Bertz CT molecular complexity index is 1060. The summed E-state index contributed by atoms with van der Waals surface area (Å²) in [6.07, 6.45) is 7.68. The fourth-order valence-corrected chi connectivity index (χ4v) is 5.43. The van der Waals surface area contributed by atoms with Gasteiger partial charge in [0, 0.05) is 6.04 Å². The van der Waals surface area contributed by atoms with Crippen LogP contribution in [0, 0.1) is 6.92 Å². The SMILES string of the molecule is C=CCOc1ccc(/C=N/NC(=O)CN(C2CCCCC2)S(=O)(=O)c2ccc(C)cc2)cc1. The van der Waals surface area contributed by atoms with Crippen LogP contribution in [0.25, 0.3) is 0 Å². The number of carbonyl (C=O) groups excluding carboxylic acids is 1. The largest absolute Gasteiger partial charge is 0.490 e. The predicted molar refractivity (Wildman–Crippen MR) is 130 cm³/mol. The van der Waals surface area contributed by atoms with Crippen molar-refractivity contribution in [2.45, 2.75) is 50.0 Å². The summed E-state index contributed by atoms with van der Waals surface area (Å²) in [6, 6.07) is 13.8. The first-order valence-corrected chi connectivity index (χ1v) is 12.6. The molecule has 2 aromatic rings. The molecule has 0 radical (unpaired) electrons. The second-order valence-corrected chi connectivity index (χ2v) is 10.0. The monoisotopic (exact) mass is 469 g/mol. The summed E-state index contributed by atoms with van der Waals surface area (Å²) in [6.45, 7) is 5.67. The molecule has 0 unspecified atom stereocenters. The highest BCUT2D eigenvalue weighted by molar-refractivity contribution is 7.89. The molecule has 7 nitrogen and oxygen atoms in total. The summed E-state index contributed by atoms with van der Waals surface area (Å²) < 4.78 is 33.5. The highest BCUT2D eigenvalue weighted by Gasteiger charge is 2.33. The van der Waals surface area contributed by atoms with Crippen molar-refractivity contribution in [2.24, 2.45) is 5.10 Å². The van der Waals surface area contributed by atoms with Gasteiger partial charge < -0.3 is 4.74 Å². The number of ether oxygens (including phenoxy) is 1. The number of hydrogen-bond acceptors (Lipinski definition) is 5. The molecule has 0 atom stereocenters. The molecular formula is C25H31N3O4S. The predicted octanol–water partition coefficient (Wildman–Crippen LogP) is 4.03. The van der Waals surface area contributed by atoms with Crippen molar-refractivity contribution in [1.82, 2.24) is 9.73 Å². The summed E-state index contributed by atoms with van der Waals surface area (Å²) in [5, 5.41) is 3.99. The van der Waals surface area contributed by atoms with Crippen LogP contribution < -0.4 is 10.2 Å². The number of rotatable bonds is 10. The molecule has 0 spiro atoms. The van der Waals surface area contributed by atoms with E-state index in [1.54, 1.807) is 42.5 Å². The second-order valence-electron chi connectivity index (χ2n) is 8.12. The maximum atomic E-state index is 13.4. The number of carbonyl (C=O) groups is 1. The molecule has 3 rings (SSSR count). The maximum absolute atomic E-state index is 13.4. The van der Waals surface area contributed by atoms with Crippen LogP contribution in [0.2, 0.25) is 0 Å². The number of amides is 1. The minimum Gasteiger partial charge on any atom is -0.490 e. The van der Waals surface area contributed by atoms with E-state index in [4.69, 9.17) is 4.74 Å². The van der Waals surface area contributed by atoms with Gasteiger partial charge >= 0.3 is 0 Å². The van der Waals surface area contributed by atoms with Gasteiger partial charge in [0.05, 0.1) is 17.7 Å². The van der Waals surface area contributed by atoms with Gasteiger partial charge in [0.1, 0.15) is 12.4 Å². The van der Waals surface area contributed by atoms with Crippen molar-refractivity contribution in [2.75, 3.05) is 13.2 Å². The Hall–Kier alpha value is -2.97. The van der Waals surface area contributed by atoms with Crippen molar-refractivity contribution in [3.8, 4) is 5.75 Å². The van der Waals surface area contributed by atoms with Crippen LogP contribution in [0.5, 0.6) is 5.75 Å². The standard InChI is InChI=1S/C25H31N3O4S/c1-3-17-32-23-13-11-21(12-14-23)18-26-27-25(29)19-28(22-7-5-4-6-8-22)33(30,31)24-15-9-20(2)10-16-24/h3,9-16,18,22H,1,4-8,17,19H2,2H3,(H,27,29)/b26-18+. The average Bonchev–Trinajstić information content (AvgIpc) is 2.83. The third-order valence-corrected chi connectivity index (χ3v) is 7.47. The van der Waals surface area contributed by atoms with E-state index in [0.29, 0.717) is 12.4 Å². The Morgan fingerprint density at radius 3 is 2.42 bits per heavy atom. The lowest BCUT2D eigenvalue weighted by atomic mass is 9.95. The quantitative estimate of drug-likeness (QED) is 0.323. The number of nitrogens with zero attached hydrogens (tertiary/aromatic N) is 2. The van der Waals surface area contributed by atoms with Crippen molar-refractivity contribution in [3.05, 3.63) is 72.3 Å². The van der Waals surface area contributed by atoms with Crippen LogP contribution in [0.4, 0.5) is 0 Å². The molecule has 0 heterocycles. The molecule has 1 saturated carbocycles. The van der Waals surface area contributed by atoms with Gasteiger partial charge in [0.2, 0.25) is 10.0 Å². The minimum absolute atomic E-state index is 0.192.